The molecule has 1 amide bonds. The number of unbranched alkanes of at least 4 members (excludes halogenated alkanes) is 7. The Labute approximate surface area is 383 Å². The van der Waals surface area contributed by atoms with Crippen LogP contribution in [0.5, 0.6) is 5.75 Å². The van der Waals surface area contributed by atoms with Crippen LogP contribution in [0.2, 0.25) is 5.02 Å². The highest BCUT2D eigenvalue weighted by atomic mass is 35.5. The summed E-state index contributed by atoms with van der Waals surface area (Å²) < 4.78 is 9.01. The summed E-state index contributed by atoms with van der Waals surface area (Å²) in [4.78, 5) is 46.9. The monoisotopic (exact) mass is 887 g/mol. The molecule has 0 aliphatic carbocycles. The number of hydrogen-bond donors (Lipinski definition) is 3. The highest BCUT2D eigenvalue weighted by molar-refractivity contribution is 6.32. The van der Waals surface area contributed by atoms with E-state index in [1.165, 1.54) is 47.1 Å². The number of carbonyl (C=O) groups is 1. The number of carbonyl (C=O) groups excluding carboxylic acids is 1. The minimum atomic E-state index is -0.767. The number of ether oxygens (including phenoxy) is 1. The molecular weight excluding hydrogens is 834 g/mol. The quantitative estimate of drug-likeness (QED) is 0.0822. The summed E-state index contributed by atoms with van der Waals surface area (Å²) in [6.45, 7) is 8.00. The van der Waals surface area contributed by atoms with Gasteiger partial charge in [-0.3, -0.25) is 23.9 Å². The van der Waals surface area contributed by atoms with Crippen molar-refractivity contribution in [1.82, 2.24) is 24.0 Å². The summed E-state index contributed by atoms with van der Waals surface area (Å²) in [6, 6.07) is 38.2. The van der Waals surface area contributed by atoms with Gasteiger partial charge in [-0.05, 0) is 68.0 Å². The van der Waals surface area contributed by atoms with E-state index in [2.05, 4.69) is 33.4 Å². The second-order valence-electron chi connectivity index (χ2n) is 16.4. The molecule has 0 aliphatic heterocycles. The van der Waals surface area contributed by atoms with Crippen LogP contribution in [0, 0.1) is 32.1 Å². The molecule has 12 heteroatoms. The number of hydrogen-bond acceptors (Lipinski definition) is 6. The lowest BCUT2D eigenvalue weighted by Gasteiger charge is -2.19. The van der Waals surface area contributed by atoms with Crippen LogP contribution in [-0.4, -0.2) is 36.0 Å². The number of nitriles is 1. The number of aromatic amines is 2. The SMILES string of the molecule is CCCCCCCCCCC(Oc1ccc(C)cc1Cl)C(=O)Nc1cc(=O)n2[nH]c(-c3ccccc3)cc2n1.Cc1ccc(-c2[nH]c3c(C#N)c(-c4ccccc4)cn3c(=O)c2C)cc1. The van der Waals surface area contributed by atoms with Crippen molar-refractivity contribution < 1.29 is 9.53 Å². The lowest BCUT2D eigenvalue weighted by molar-refractivity contribution is -0.123. The van der Waals surface area contributed by atoms with E-state index in [1.54, 1.807) is 18.3 Å². The fourth-order valence-electron chi connectivity index (χ4n) is 7.84. The maximum Gasteiger partial charge on any atom is 0.274 e. The number of benzene rings is 4. The van der Waals surface area contributed by atoms with Crippen LogP contribution in [0.15, 0.2) is 131 Å². The van der Waals surface area contributed by atoms with Gasteiger partial charge in [-0.15, -0.1) is 0 Å². The van der Waals surface area contributed by atoms with Gasteiger partial charge >= 0.3 is 0 Å². The van der Waals surface area contributed by atoms with Gasteiger partial charge < -0.3 is 15.0 Å². The number of H-pyrrole nitrogens is 2. The molecule has 8 aromatic rings. The van der Waals surface area contributed by atoms with E-state index in [-0.39, 0.29) is 22.8 Å². The third kappa shape index (κ3) is 11.1. The van der Waals surface area contributed by atoms with Gasteiger partial charge in [0, 0.05) is 29.5 Å². The first-order valence-corrected chi connectivity index (χ1v) is 22.6. The van der Waals surface area contributed by atoms with Crippen molar-refractivity contribution in [3.8, 4) is 45.5 Å². The third-order valence-electron chi connectivity index (χ3n) is 11.5. The van der Waals surface area contributed by atoms with E-state index in [4.69, 9.17) is 16.3 Å². The van der Waals surface area contributed by atoms with Crippen LogP contribution in [0.3, 0.4) is 0 Å². The topological polar surface area (TPSA) is 150 Å². The number of aromatic nitrogens is 5. The summed E-state index contributed by atoms with van der Waals surface area (Å²) >= 11 is 6.41. The van der Waals surface area contributed by atoms with Crippen LogP contribution >= 0.6 is 11.6 Å². The Morgan fingerprint density at radius 2 is 1.45 bits per heavy atom. The van der Waals surface area contributed by atoms with Crippen molar-refractivity contribution in [3.63, 3.8) is 0 Å². The second-order valence-corrected chi connectivity index (χ2v) is 16.8. The van der Waals surface area contributed by atoms with Crippen LogP contribution in [0.4, 0.5) is 5.82 Å². The van der Waals surface area contributed by atoms with E-state index in [1.807, 2.05) is 118 Å². The van der Waals surface area contributed by atoms with E-state index < -0.39 is 6.10 Å². The summed E-state index contributed by atoms with van der Waals surface area (Å²) in [7, 11) is 0. The van der Waals surface area contributed by atoms with Gasteiger partial charge in [-0.1, -0.05) is 160 Å². The normalized spacial score (nSPS) is 11.5. The molecule has 3 N–H and O–H groups in total. The molecule has 0 spiro atoms. The molecule has 0 bridgehead atoms. The average molecular weight is 889 g/mol. The van der Waals surface area contributed by atoms with Gasteiger partial charge in [-0.25, -0.2) is 9.50 Å². The maximum absolute atomic E-state index is 13.4. The summed E-state index contributed by atoms with van der Waals surface area (Å²) in [5.74, 6) is 0.288. The summed E-state index contributed by atoms with van der Waals surface area (Å²) in [6.07, 6.45) is 10.8. The molecule has 0 aliphatic rings. The van der Waals surface area contributed by atoms with Gasteiger partial charge in [0.15, 0.2) is 11.8 Å². The van der Waals surface area contributed by atoms with Crippen LogP contribution < -0.4 is 21.2 Å². The molecule has 1 unspecified atom stereocenters. The van der Waals surface area contributed by atoms with Crippen molar-refractivity contribution in [2.75, 3.05) is 5.32 Å². The number of amides is 1. The number of halogens is 1. The van der Waals surface area contributed by atoms with Crippen molar-refractivity contribution >= 4 is 34.6 Å². The van der Waals surface area contributed by atoms with Gasteiger partial charge in [0.25, 0.3) is 17.0 Å². The molecule has 4 heterocycles. The van der Waals surface area contributed by atoms with E-state index in [0.717, 1.165) is 64.0 Å². The Hall–Kier alpha value is -7.16. The number of aryl methyl sites for hydroxylation is 2. The molecule has 0 saturated carbocycles. The predicted molar refractivity (Wildman–Crippen MR) is 261 cm³/mol. The van der Waals surface area contributed by atoms with Gasteiger partial charge in [0.05, 0.1) is 16.4 Å². The molecule has 0 radical (unpaired) electrons. The van der Waals surface area contributed by atoms with Gasteiger partial charge in [0.2, 0.25) is 0 Å². The minimum Gasteiger partial charge on any atom is -0.479 e. The lowest BCUT2D eigenvalue weighted by Crippen LogP contribution is -2.34. The summed E-state index contributed by atoms with van der Waals surface area (Å²) in [5.41, 5.74) is 8.80. The maximum atomic E-state index is 13.4. The first kappa shape index (κ1) is 45.9. The Bertz CT molecular complexity index is 3050. The zero-order valence-corrected chi connectivity index (χ0v) is 38.0. The van der Waals surface area contributed by atoms with E-state index >= 15 is 0 Å². The van der Waals surface area contributed by atoms with Gasteiger partial charge in [-0.2, -0.15) is 5.26 Å². The predicted octanol–water partition coefficient (Wildman–Crippen LogP) is 12.0. The van der Waals surface area contributed by atoms with E-state index in [9.17, 15) is 19.6 Å². The number of nitrogens with one attached hydrogen (secondary N) is 3. The molecule has 0 saturated heterocycles. The molecule has 8 rings (SSSR count). The number of fused-ring (bicyclic) bond motifs is 2. The molecule has 1 atom stereocenters. The lowest BCUT2D eigenvalue weighted by atomic mass is 10.0. The number of rotatable bonds is 16. The van der Waals surface area contributed by atoms with Gasteiger partial charge in [0.1, 0.15) is 28.8 Å². The van der Waals surface area contributed by atoms with Crippen molar-refractivity contribution in [3.05, 3.63) is 169 Å². The Morgan fingerprint density at radius 3 is 2.11 bits per heavy atom. The molecule has 4 aromatic carbocycles. The smallest absolute Gasteiger partial charge is 0.274 e. The molecule has 0 fully saturated rings. The van der Waals surface area contributed by atoms with Crippen molar-refractivity contribution in [2.45, 2.75) is 91.6 Å². The molecule has 332 valence electrons. The summed E-state index contributed by atoms with van der Waals surface area (Å²) in [5, 5.41) is 16.1. The largest absolute Gasteiger partial charge is 0.479 e. The fraction of sp³-hybridized carbons (Fsp3) is 0.264. The molecule has 4 aromatic heterocycles. The van der Waals surface area contributed by atoms with Crippen LogP contribution in [0.25, 0.3) is 44.9 Å². The fourth-order valence-corrected chi connectivity index (χ4v) is 8.12. The number of nitrogens with zero attached hydrogens (tertiary/aromatic N) is 4. The van der Waals surface area contributed by atoms with Crippen LogP contribution in [0.1, 0.15) is 87.0 Å². The molecule has 11 nitrogen and oxygen atoms in total. The first-order chi connectivity index (χ1) is 31.5. The highest BCUT2D eigenvalue weighted by Crippen LogP contribution is 2.30. The third-order valence-corrected chi connectivity index (χ3v) is 11.8. The highest BCUT2D eigenvalue weighted by Gasteiger charge is 2.23. The first-order valence-electron chi connectivity index (χ1n) is 22.3. The average Bonchev–Trinajstić information content (AvgIpc) is 3.92. The Morgan fingerprint density at radius 1 is 0.800 bits per heavy atom. The Balaban J connectivity index is 0.000000209. The number of anilines is 1. The molecular formula is C53H54ClN7O4. The standard InChI is InChI=1S/C31H37ClN4O3.C22H17N3O/c1-3-4-5-6-7-8-9-13-16-27(39-26-18-17-22(2)19-24(26)32)31(38)34-28-21-30(37)36-29(33-28)20-25(35-36)23-14-11-10-12-15-23;1-14-8-10-17(11-9-14)20-15(2)22(26)25-13-19(16-6-4-3-5-7-16)18(12-23)21(25)24-20/h10-12,14-15,17-21,27,35H,3-9,13,16H2,1-2H3,(H,34,38);3-11,13,24H,1-2H3. The van der Waals surface area contributed by atoms with Crippen LogP contribution in [-0.2, 0) is 4.79 Å². The second kappa shape index (κ2) is 21.5. The zero-order valence-electron chi connectivity index (χ0n) is 37.3. The molecule has 65 heavy (non-hydrogen) atoms. The Kier molecular flexibility index (Phi) is 15.2. The van der Waals surface area contributed by atoms with Crippen molar-refractivity contribution in [1.29, 1.82) is 5.26 Å². The van der Waals surface area contributed by atoms with E-state index in [0.29, 0.717) is 39.6 Å². The minimum absolute atomic E-state index is 0.118. The van der Waals surface area contributed by atoms with Crippen molar-refractivity contribution in [2.24, 2.45) is 0 Å². The zero-order chi connectivity index (χ0) is 45.9.